The highest BCUT2D eigenvalue weighted by Gasteiger charge is 2.42. The Kier molecular flexibility index (Phi) is 4.30. The van der Waals surface area contributed by atoms with Crippen molar-refractivity contribution in [2.75, 3.05) is 6.54 Å². The fourth-order valence-corrected chi connectivity index (χ4v) is 3.55. The molecule has 2 rings (SSSR count). The summed E-state index contributed by atoms with van der Waals surface area (Å²) in [7, 11) is 0. The molecule has 1 aliphatic rings. The van der Waals surface area contributed by atoms with E-state index in [0.29, 0.717) is 6.54 Å². The minimum Gasteiger partial charge on any atom is -0.355 e. The minimum absolute atomic E-state index is 0.00585. The molecule has 0 aromatic carbocycles. The zero-order chi connectivity index (χ0) is 13.2. The largest absolute Gasteiger partial charge is 0.355 e. The van der Waals surface area contributed by atoms with E-state index in [-0.39, 0.29) is 17.4 Å². The molecule has 3 nitrogen and oxygen atoms in total. The van der Waals surface area contributed by atoms with E-state index in [4.69, 9.17) is 17.3 Å². The van der Waals surface area contributed by atoms with E-state index in [0.717, 1.165) is 30.0 Å². The summed E-state index contributed by atoms with van der Waals surface area (Å²) in [6, 6.07) is 3.88. The predicted octanol–water partition coefficient (Wildman–Crippen LogP) is 2.58. The summed E-state index contributed by atoms with van der Waals surface area (Å²) in [6.07, 6.45) is 3.72. The number of nitrogens with two attached hydrogens (primary N) is 1. The average molecular weight is 287 g/mol. The summed E-state index contributed by atoms with van der Waals surface area (Å²) < 4.78 is 0.793. The maximum atomic E-state index is 12.2. The van der Waals surface area contributed by atoms with Crippen LogP contribution in [0.5, 0.6) is 0 Å². The number of carbonyl (C=O) groups is 1. The standard InChI is InChI=1S/C13H19ClN2OS/c1-13(7-2-3-10(13)15)12(17)16-8-6-9-4-5-11(14)18-9/h4-5,10H,2-3,6-8,15H2,1H3,(H,16,17). The van der Waals surface area contributed by atoms with Crippen molar-refractivity contribution < 1.29 is 4.79 Å². The predicted molar refractivity (Wildman–Crippen MR) is 76.0 cm³/mol. The van der Waals surface area contributed by atoms with Gasteiger partial charge in [0.25, 0.3) is 0 Å². The lowest BCUT2D eigenvalue weighted by Crippen LogP contribution is -2.47. The molecule has 2 atom stereocenters. The van der Waals surface area contributed by atoms with Gasteiger partial charge >= 0.3 is 0 Å². The Morgan fingerprint density at radius 3 is 3.00 bits per heavy atom. The summed E-state index contributed by atoms with van der Waals surface area (Å²) in [4.78, 5) is 13.4. The molecule has 1 amide bonds. The summed E-state index contributed by atoms with van der Waals surface area (Å²) >= 11 is 7.42. The maximum absolute atomic E-state index is 12.2. The monoisotopic (exact) mass is 286 g/mol. The molecule has 5 heteroatoms. The van der Waals surface area contributed by atoms with Gasteiger partial charge in [0.2, 0.25) is 5.91 Å². The van der Waals surface area contributed by atoms with E-state index in [1.807, 2.05) is 19.1 Å². The molecule has 1 fully saturated rings. The van der Waals surface area contributed by atoms with E-state index < -0.39 is 0 Å². The molecule has 100 valence electrons. The zero-order valence-electron chi connectivity index (χ0n) is 10.5. The molecular weight excluding hydrogens is 268 g/mol. The second kappa shape index (κ2) is 5.59. The van der Waals surface area contributed by atoms with Gasteiger partial charge in [0, 0.05) is 17.5 Å². The van der Waals surface area contributed by atoms with Gasteiger partial charge in [-0.05, 0) is 38.3 Å². The van der Waals surface area contributed by atoms with Crippen molar-refractivity contribution in [2.24, 2.45) is 11.1 Å². The van der Waals surface area contributed by atoms with Gasteiger partial charge in [0.15, 0.2) is 0 Å². The first-order valence-electron chi connectivity index (χ1n) is 6.30. The molecule has 0 aliphatic heterocycles. The highest BCUT2D eigenvalue weighted by Crippen LogP contribution is 2.36. The number of halogens is 1. The van der Waals surface area contributed by atoms with E-state index in [1.54, 1.807) is 11.3 Å². The normalized spacial score (nSPS) is 27.4. The summed E-state index contributed by atoms with van der Waals surface area (Å²) in [5.41, 5.74) is 5.64. The van der Waals surface area contributed by atoms with Crippen molar-refractivity contribution in [3.05, 3.63) is 21.3 Å². The third kappa shape index (κ3) is 2.87. The van der Waals surface area contributed by atoms with Crippen LogP contribution in [0.2, 0.25) is 4.34 Å². The smallest absolute Gasteiger partial charge is 0.227 e. The van der Waals surface area contributed by atoms with Gasteiger partial charge in [0.05, 0.1) is 9.75 Å². The van der Waals surface area contributed by atoms with Crippen LogP contribution in [-0.4, -0.2) is 18.5 Å². The molecule has 0 bridgehead atoms. The Morgan fingerprint density at radius 2 is 2.44 bits per heavy atom. The lowest BCUT2D eigenvalue weighted by Gasteiger charge is -2.27. The molecule has 1 saturated carbocycles. The van der Waals surface area contributed by atoms with Gasteiger partial charge < -0.3 is 11.1 Å². The lowest BCUT2D eigenvalue weighted by atomic mass is 9.84. The van der Waals surface area contributed by atoms with Gasteiger partial charge in [-0.1, -0.05) is 18.0 Å². The Bertz CT molecular complexity index is 434. The van der Waals surface area contributed by atoms with Gasteiger partial charge in [-0.15, -0.1) is 11.3 Å². The number of nitrogens with one attached hydrogen (secondary N) is 1. The van der Waals surface area contributed by atoms with Gasteiger partial charge in [-0.2, -0.15) is 0 Å². The van der Waals surface area contributed by atoms with Crippen LogP contribution in [0.3, 0.4) is 0 Å². The zero-order valence-corrected chi connectivity index (χ0v) is 12.1. The van der Waals surface area contributed by atoms with Gasteiger partial charge in [-0.3, -0.25) is 4.79 Å². The van der Waals surface area contributed by atoms with Crippen molar-refractivity contribution >= 4 is 28.8 Å². The average Bonchev–Trinajstić information content (AvgIpc) is 2.88. The van der Waals surface area contributed by atoms with Crippen molar-refractivity contribution in [1.82, 2.24) is 5.32 Å². The van der Waals surface area contributed by atoms with Crippen molar-refractivity contribution in [2.45, 2.75) is 38.6 Å². The van der Waals surface area contributed by atoms with Crippen LogP contribution >= 0.6 is 22.9 Å². The molecule has 2 unspecified atom stereocenters. The van der Waals surface area contributed by atoms with E-state index in [1.165, 1.54) is 4.88 Å². The third-order valence-corrected chi connectivity index (χ3v) is 5.13. The Balaban J connectivity index is 1.81. The van der Waals surface area contributed by atoms with E-state index in [9.17, 15) is 4.79 Å². The maximum Gasteiger partial charge on any atom is 0.227 e. The van der Waals surface area contributed by atoms with Crippen LogP contribution < -0.4 is 11.1 Å². The number of thiophene rings is 1. The highest BCUT2D eigenvalue weighted by atomic mass is 35.5. The first-order valence-corrected chi connectivity index (χ1v) is 7.50. The van der Waals surface area contributed by atoms with Gasteiger partial charge in [-0.25, -0.2) is 0 Å². The van der Waals surface area contributed by atoms with Crippen LogP contribution in [0.1, 0.15) is 31.1 Å². The molecule has 0 saturated heterocycles. The molecule has 1 aliphatic carbocycles. The third-order valence-electron chi connectivity index (χ3n) is 3.83. The van der Waals surface area contributed by atoms with E-state index in [2.05, 4.69) is 5.32 Å². The van der Waals surface area contributed by atoms with Crippen molar-refractivity contribution in [3.8, 4) is 0 Å². The molecular formula is C13H19ClN2OS. The number of amides is 1. The Morgan fingerprint density at radius 1 is 1.67 bits per heavy atom. The topological polar surface area (TPSA) is 55.1 Å². The Labute approximate surface area is 117 Å². The van der Waals surface area contributed by atoms with Gasteiger partial charge in [0.1, 0.15) is 0 Å². The second-order valence-electron chi connectivity index (χ2n) is 5.13. The van der Waals surface area contributed by atoms with Crippen LogP contribution in [0.15, 0.2) is 12.1 Å². The number of hydrogen-bond donors (Lipinski definition) is 2. The fourth-order valence-electron chi connectivity index (χ4n) is 2.46. The van der Waals surface area contributed by atoms with Crippen LogP contribution in [-0.2, 0) is 11.2 Å². The lowest BCUT2D eigenvalue weighted by molar-refractivity contribution is -0.130. The number of carbonyl (C=O) groups excluding carboxylic acids is 1. The summed E-state index contributed by atoms with van der Waals surface area (Å²) in [5, 5.41) is 3.00. The summed E-state index contributed by atoms with van der Waals surface area (Å²) in [6.45, 7) is 2.62. The number of rotatable bonds is 4. The molecule has 0 spiro atoms. The molecule has 0 radical (unpaired) electrons. The second-order valence-corrected chi connectivity index (χ2v) is 6.93. The van der Waals surface area contributed by atoms with Crippen LogP contribution in [0, 0.1) is 5.41 Å². The minimum atomic E-state index is -0.382. The molecule has 18 heavy (non-hydrogen) atoms. The first kappa shape index (κ1) is 13.8. The molecule has 1 heterocycles. The van der Waals surface area contributed by atoms with Crippen molar-refractivity contribution in [3.63, 3.8) is 0 Å². The van der Waals surface area contributed by atoms with E-state index >= 15 is 0 Å². The molecule has 3 N–H and O–H groups in total. The molecule has 1 aromatic heterocycles. The summed E-state index contributed by atoms with van der Waals surface area (Å²) in [5.74, 6) is 0.0927. The first-order chi connectivity index (χ1) is 8.52. The van der Waals surface area contributed by atoms with Crippen LogP contribution in [0.25, 0.3) is 0 Å². The van der Waals surface area contributed by atoms with Crippen molar-refractivity contribution in [1.29, 1.82) is 0 Å². The number of hydrogen-bond acceptors (Lipinski definition) is 3. The fraction of sp³-hybridized carbons (Fsp3) is 0.615. The SMILES string of the molecule is CC1(C(=O)NCCc2ccc(Cl)s2)CCCC1N. The highest BCUT2D eigenvalue weighted by molar-refractivity contribution is 7.16. The quantitative estimate of drug-likeness (QED) is 0.894. The van der Waals surface area contributed by atoms with Crippen LogP contribution in [0.4, 0.5) is 0 Å². The molecule has 1 aromatic rings. The Hall–Kier alpha value is -0.580.